The quantitative estimate of drug-likeness (QED) is 0.735. The summed E-state index contributed by atoms with van der Waals surface area (Å²) in [4.78, 5) is 4.03. The Morgan fingerprint density at radius 1 is 1.35 bits per heavy atom. The number of nitrogens with one attached hydrogen (secondary N) is 1. The molecule has 1 unspecified atom stereocenters. The van der Waals surface area contributed by atoms with E-state index < -0.39 is 0 Å². The van der Waals surface area contributed by atoms with Crippen LogP contribution in [0.15, 0.2) is 18.7 Å². The van der Waals surface area contributed by atoms with E-state index in [-0.39, 0.29) is 0 Å². The average Bonchev–Trinajstić information content (AvgIpc) is 2.88. The summed E-state index contributed by atoms with van der Waals surface area (Å²) in [7, 11) is 0. The molecule has 1 aliphatic rings. The molecule has 1 aliphatic heterocycles. The Balaban J connectivity index is 1.43. The van der Waals surface area contributed by atoms with Crippen molar-refractivity contribution in [2.45, 2.75) is 44.8 Å². The van der Waals surface area contributed by atoms with Crippen LogP contribution in [0.5, 0.6) is 0 Å². The van der Waals surface area contributed by atoms with Gasteiger partial charge in [0.05, 0.1) is 12.4 Å². The average molecular weight is 237 g/mol. The van der Waals surface area contributed by atoms with Crippen molar-refractivity contribution in [3.8, 4) is 0 Å². The molecule has 1 aromatic rings. The molecule has 4 heteroatoms. The van der Waals surface area contributed by atoms with Gasteiger partial charge in [-0.15, -0.1) is 0 Å². The molecule has 1 atom stereocenters. The normalized spacial score (nSPS) is 20.6. The van der Waals surface area contributed by atoms with E-state index in [0.717, 1.165) is 26.2 Å². The summed E-state index contributed by atoms with van der Waals surface area (Å²) in [5.74, 6) is 0. The molecule has 96 valence electrons. The van der Waals surface area contributed by atoms with Crippen LogP contribution in [0.1, 0.15) is 32.1 Å². The third kappa shape index (κ3) is 4.88. The van der Waals surface area contributed by atoms with E-state index in [2.05, 4.69) is 14.9 Å². The summed E-state index contributed by atoms with van der Waals surface area (Å²) in [6, 6.07) is 0. The molecule has 0 bridgehead atoms. The standard InChI is InChI=1S/C13H23N3O/c1-4-10-17-13(5-1)11-14-6-2-3-8-16-9-7-15-12-16/h7,9,12-14H,1-6,8,10-11H2. The predicted molar refractivity (Wildman–Crippen MR) is 67.9 cm³/mol. The first kappa shape index (κ1) is 12.6. The number of aryl methyl sites for hydroxylation is 1. The van der Waals surface area contributed by atoms with Gasteiger partial charge in [0.1, 0.15) is 0 Å². The minimum atomic E-state index is 0.456. The summed E-state index contributed by atoms with van der Waals surface area (Å²) in [5, 5.41) is 3.49. The van der Waals surface area contributed by atoms with Crippen LogP contribution in [0.25, 0.3) is 0 Å². The maximum atomic E-state index is 5.67. The van der Waals surface area contributed by atoms with E-state index in [1.807, 2.05) is 18.7 Å². The van der Waals surface area contributed by atoms with Gasteiger partial charge in [0.25, 0.3) is 0 Å². The molecule has 1 saturated heterocycles. The van der Waals surface area contributed by atoms with Gasteiger partial charge < -0.3 is 14.6 Å². The van der Waals surface area contributed by atoms with Gasteiger partial charge in [-0.3, -0.25) is 0 Å². The van der Waals surface area contributed by atoms with E-state index in [4.69, 9.17) is 4.74 Å². The number of aromatic nitrogens is 2. The fraction of sp³-hybridized carbons (Fsp3) is 0.769. The van der Waals surface area contributed by atoms with Gasteiger partial charge in [-0.05, 0) is 38.6 Å². The van der Waals surface area contributed by atoms with E-state index in [1.54, 1.807) is 0 Å². The molecule has 1 aromatic heterocycles. The van der Waals surface area contributed by atoms with Crippen molar-refractivity contribution in [3.05, 3.63) is 18.7 Å². The lowest BCUT2D eigenvalue weighted by Gasteiger charge is -2.22. The summed E-state index contributed by atoms with van der Waals surface area (Å²) < 4.78 is 7.80. The molecule has 4 nitrogen and oxygen atoms in total. The maximum absolute atomic E-state index is 5.67. The molecule has 0 radical (unpaired) electrons. The zero-order valence-electron chi connectivity index (χ0n) is 10.5. The smallest absolute Gasteiger partial charge is 0.0945 e. The number of nitrogens with zero attached hydrogens (tertiary/aromatic N) is 2. The van der Waals surface area contributed by atoms with Crippen LogP contribution >= 0.6 is 0 Å². The molecular weight excluding hydrogens is 214 g/mol. The summed E-state index contributed by atoms with van der Waals surface area (Å²) in [6.07, 6.45) is 12.4. The van der Waals surface area contributed by atoms with Crippen molar-refractivity contribution < 1.29 is 4.74 Å². The largest absolute Gasteiger partial charge is 0.377 e. The van der Waals surface area contributed by atoms with Gasteiger partial charge in [-0.1, -0.05) is 0 Å². The second-order valence-electron chi connectivity index (χ2n) is 4.70. The number of imidazole rings is 1. The lowest BCUT2D eigenvalue weighted by atomic mass is 10.1. The van der Waals surface area contributed by atoms with Crippen molar-refractivity contribution in [1.82, 2.24) is 14.9 Å². The Kier molecular flexibility index (Phi) is 5.52. The molecule has 0 spiro atoms. The van der Waals surface area contributed by atoms with Crippen LogP contribution in [0.2, 0.25) is 0 Å². The first-order valence-corrected chi connectivity index (χ1v) is 6.73. The molecule has 0 saturated carbocycles. The molecule has 0 aromatic carbocycles. The van der Waals surface area contributed by atoms with Crippen molar-refractivity contribution in [2.24, 2.45) is 0 Å². The van der Waals surface area contributed by atoms with Gasteiger partial charge >= 0.3 is 0 Å². The molecule has 1 N–H and O–H groups in total. The Hall–Kier alpha value is -0.870. The Morgan fingerprint density at radius 2 is 2.35 bits per heavy atom. The molecule has 2 rings (SSSR count). The first-order chi connectivity index (χ1) is 8.45. The SMILES string of the molecule is c1cn(CCCCNCC2CCCCO2)cn1. The minimum absolute atomic E-state index is 0.456. The lowest BCUT2D eigenvalue weighted by molar-refractivity contribution is 0.0170. The van der Waals surface area contributed by atoms with Crippen molar-refractivity contribution in [2.75, 3.05) is 19.7 Å². The summed E-state index contributed by atoms with van der Waals surface area (Å²) in [5.41, 5.74) is 0. The second kappa shape index (κ2) is 7.45. The zero-order valence-corrected chi connectivity index (χ0v) is 10.5. The van der Waals surface area contributed by atoms with Crippen LogP contribution in [-0.4, -0.2) is 35.4 Å². The third-order valence-electron chi connectivity index (χ3n) is 3.23. The predicted octanol–water partition coefficient (Wildman–Crippen LogP) is 1.82. The number of hydrogen-bond acceptors (Lipinski definition) is 3. The van der Waals surface area contributed by atoms with E-state index in [9.17, 15) is 0 Å². The lowest BCUT2D eigenvalue weighted by Crippen LogP contribution is -2.32. The Labute approximate surface area is 103 Å². The molecule has 0 amide bonds. The highest BCUT2D eigenvalue weighted by molar-refractivity contribution is 4.73. The van der Waals surface area contributed by atoms with Crippen molar-refractivity contribution >= 4 is 0 Å². The van der Waals surface area contributed by atoms with Crippen LogP contribution in [0.3, 0.4) is 0 Å². The number of hydrogen-bond donors (Lipinski definition) is 1. The molecular formula is C13H23N3O. The van der Waals surface area contributed by atoms with Crippen LogP contribution < -0.4 is 5.32 Å². The third-order valence-corrected chi connectivity index (χ3v) is 3.23. The topological polar surface area (TPSA) is 39.1 Å². The molecule has 1 fully saturated rings. The summed E-state index contributed by atoms with van der Waals surface area (Å²) in [6.45, 7) is 4.13. The van der Waals surface area contributed by atoms with Gasteiger partial charge in [0.2, 0.25) is 0 Å². The minimum Gasteiger partial charge on any atom is -0.377 e. The molecule has 17 heavy (non-hydrogen) atoms. The highest BCUT2D eigenvalue weighted by Gasteiger charge is 2.12. The van der Waals surface area contributed by atoms with Gasteiger partial charge in [0.15, 0.2) is 0 Å². The van der Waals surface area contributed by atoms with E-state index in [0.29, 0.717) is 6.10 Å². The Morgan fingerprint density at radius 3 is 3.12 bits per heavy atom. The fourth-order valence-electron chi connectivity index (χ4n) is 2.19. The Bertz CT molecular complexity index is 281. The van der Waals surface area contributed by atoms with E-state index >= 15 is 0 Å². The monoisotopic (exact) mass is 237 g/mol. The highest BCUT2D eigenvalue weighted by Crippen LogP contribution is 2.11. The zero-order chi connectivity index (χ0) is 11.8. The van der Waals surface area contributed by atoms with Crippen molar-refractivity contribution in [3.63, 3.8) is 0 Å². The second-order valence-corrected chi connectivity index (χ2v) is 4.70. The molecule has 0 aliphatic carbocycles. The first-order valence-electron chi connectivity index (χ1n) is 6.73. The molecule has 2 heterocycles. The van der Waals surface area contributed by atoms with Gasteiger partial charge in [-0.2, -0.15) is 0 Å². The highest BCUT2D eigenvalue weighted by atomic mass is 16.5. The van der Waals surface area contributed by atoms with Crippen molar-refractivity contribution in [1.29, 1.82) is 0 Å². The van der Waals surface area contributed by atoms with Crippen LogP contribution in [0.4, 0.5) is 0 Å². The van der Waals surface area contributed by atoms with Gasteiger partial charge in [-0.25, -0.2) is 4.98 Å². The van der Waals surface area contributed by atoms with Gasteiger partial charge in [0, 0.05) is 32.1 Å². The summed E-state index contributed by atoms with van der Waals surface area (Å²) >= 11 is 0. The number of rotatable bonds is 7. The number of ether oxygens (including phenoxy) is 1. The fourth-order valence-corrected chi connectivity index (χ4v) is 2.19. The van der Waals surface area contributed by atoms with E-state index in [1.165, 1.54) is 32.1 Å². The maximum Gasteiger partial charge on any atom is 0.0945 e. The van der Waals surface area contributed by atoms with Crippen LogP contribution in [-0.2, 0) is 11.3 Å². The number of unbranched alkanes of at least 4 members (excludes halogenated alkanes) is 1. The van der Waals surface area contributed by atoms with Crippen LogP contribution in [0, 0.1) is 0 Å².